The third-order valence-corrected chi connectivity index (χ3v) is 4.99. The number of hydrogen-bond donors (Lipinski definition) is 2. The predicted octanol–water partition coefficient (Wildman–Crippen LogP) is 6.13. The molecule has 2 aromatic carbocycles. The van der Waals surface area contributed by atoms with Crippen LogP contribution in [0.3, 0.4) is 0 Å². The Morgan fingerprint density at radius 2 is 1.43 bits per heavy atom. The number of nitrogens with two attached hydrogens (primary N) is 1. The van der Waals surface area contributed by atoms with E-state index in [2.05, 4.69) is 0 Å². The summed E-state index contributed by atoms with van der Waals surface area (Å²) in [5.74, 6) is 0. The zero-order valence-corrected chi connectivity index (χ0v) is 16.9. The summed E-state index contributed by atoms with van der Waals surface area (Å²) < 4.78 is 82.7. The lowest BCUT2D eigenvalue weighted by Gasteiger charge is -2.27. The van der Waals surface area contributed by atoms with Crippen molar-refractivity contribution in [2.24, 2.45) is 5.73 Å². The number of rotatable bonds is 6. The van der Waals surface area contributed by atoms with E-state index in [4.69, 9.17) is 33.7 Å². The van der Waals surface area contributed by atoms with Crippen molar-refractivity contribution in [1.29, 1.82) is 0 Å². The molecular formula is C19H17Cl2F6NO2. The highest BCUT2D eigenvalue weighted by molar-refractivity contribution is 6.42. The SMILES string of the molecule is CC(O)(CC(N)OCc1cc(C(F)(F)F)cc(C(F)(F)F)c1)c1ccc(Cl)c(Cl)c1. The first-order valence-electron chi connectivity index (χ1n) is 8.43. The molecular weight excluding hydrogens is 459 g/mol. The van der Waals surface area contributed by atoms with Crippen LogP contribution in [0.25, 0.3) is 0 Å². The van der Waals surface area contributed by atoms with Gasteiger partial charge in [-0.05, 0) is 48.4 Å². The maximum Gasteiger partial charge on any atom is 0.416 e. The quantitative estimate of drug-likeness (QED) is 0.390. The van der Waals surface area contributed by atoms with Gasteiger partial charge < -0.3 is 15.6 Å². The molecule has 3 N–H and O–H groups in total. The Labute approximate surface area is 178 Å². The Hall–Kier alpha value is -1.52. The highest BCUT2D eigenvalue weighted by Gasteiger charge is 2.37. The van der Waals surface area contributed by atoms with Crippen LogP contribution in [0.4, 0.5) is 26.3 Å². The minimum absolute atomic E-state index is 0.0263. The van der Waals surface area contributed by atoms with Gasteiger partial charge in [0, 0.05) is 6.42 Å². The van der Waals surface area contributed by atoms with E-state index in [0.717, 1.165) is 0 Å². The molecule has 0 aromatic heterocycles. The van der Waals surface area contributed by atoms with Crippen molar-refractivity contribution >= 4 is 23.2 Å². The van der Waals surface area contributed by atoms with Crippen LogP contribution in [0.5, 0.6) is 0 Å². The van der Waals surface area contributed by atoms with Gasteiger partial charge in [0.15, 0.2) is 0 Å². The van der Waals surface area contributed by atoms with E-state index in [0.29, 0.717) is 17.7 Å². The number of benzene rings is 2. The van der Waals surface area contributed by atoms with Crippen LogP contribution in [0.1, 0.15) is 35.6 Å². The van der Waals surface area contributed by atoms with Gasteiger partial charge in [0.2, 0.25) is 0 Å². The number of aliphatic hydroxyl groups is 1. The largest absolute Gasteiger partial charge is 0.416 e. The first-order chi connectivity index (χ1) is 13.6. The predicted molar refractivity (Wildman–Crippen MR) is 99.9 cm³/mol. The topological polar surface area (TPSA) is 55.5 Å². The van der Waals surface area contributed by atoms with Crippen LogP contribution in [0, 0.1) is 0 Å². The van der Waals surface area contributed by atoms with Crippen LogP contribution in [-0.2, 0) is 29.3 Å². The maximum atomic E-state index is 12.9. The van der Waals surface area contributed by atoms with Crippen molar-refractivity contribution in [1.82, 2.24) is 0 Å². The molecule has 3 nitrogen and oxygen atoms in total. The second-order valence-electron chi connectivity index (χ2n) is 6.87. The van der Waals surface area contributed by atoms with Crippen molar-refractivity contribution < 1.29 is 36.2 Å². The zero-order chi connectivity index (χ0) is 22.9. The third-order valence-electron chi connectivity index (χ3n) is 4.25. The van der Waals surface area contributed by atoms with Crippen molar-refractivity contribution in [3.05, 3.63) is 68.7 Å². The second-order valence-corrected chi connectivity index (χ2v) is 7.68. The number of ether oxygens (including phenoxy) is 1. The Morgan fingerprint density at radius 3 is 1.90 bits per heavy atom. The molecule has 0 fully saturated rings. The van der Waals surface area contributed by atoms with Crippen molar-refractivity contribution in [3.8, 4) is 0 Å². The molecule has 0 saturated heterocycles. The fourth-order valence-corrected chi connectivity index (χ4v) is 3.00. The zero-order valence-electron chi connectivity index (χ0n) is 15.4. The van der Waals surface area contributed by atoms with Crippen LogP contribution in [-0.4, -0.2) is 11.3 Å². The molecule has 0 bridgehead atoms. The van der Waals surface area contributed by atoms with E-state index in [1.54, 1.807) is 0 Å². The molecule has 11 heteroatoms. The molecule has 0 heterocycles. The van der Waals surface area contributed by atoms with Gasteiger partial charge in [0.1, 0.15) is 6.23 Å². The van der Waals surface area contributed by atoms with E-state index in [-0.39, 0.29) is 28.1 Å². The molecule has 2 rings (SSSR count). The molecule has 2 unspecified atom stereocenters. The van der Waals surface area contributed by atoms with Crippen LogP contribution < -0.4 is 5.73 Å². The van der Waals surface area contributed by atoms with E-state index in [9.17, 15) is 31.4 Å². The first-order valence-corrected chi connectivity index (χ1v) is 9.18. The lowest BCUT2D eigenvalue weighted by atomic mass is 9.92. The molecule has 0 spiro atoms. The maximum absolute atomic E-state index is 12.9. The molecule has 0 radical (unpaired) electrons. The van der Waals surface area contributed by atoms with Gasteiger partial charge in [-0.1, -0.05) is 29.3 Å². The van der Waals surface area contributed by atoms with Crippen LogP contribution in [0.15, 0.2) is 36.4 Å². The van der Waals surface area contributed by atoms with Gasteiger partial charge in [0.05, 0.1) is 33.4 Å². The Bertz CT molecular complexity index is 867. The molecule has 0 aliphatic carbocycles. The molecule has 0 amide bonds. The number of hydrogen-bond acceptors (Lipinski definition) is 3. The average molecular weight is 476 g/mol. The smallest absolute Gasteiger partial charge is 0.385 e. The molecule has 2 aromatic rings. The van der Waals surface area contributed by atoms with Gasteiger partial charge in [-0.15, -0.1) is 0 Å². The minimum Gasteiger partial charge on any atom is -0.385 e. The molecule has 166 valence electrons. The highest BCUT2D eigenvalue weighted by atomic mass is 35.5. The van der Waals surface area contributed by atoms with Gasteiger partial charge in [-0.2, -0.15) is 26.3 Å². The fraction of sp³-hybridized carbons (Fsp3) is 0.368. The summed E-state index contributed by atoms with van der Waals surface area (Å²) in [7, 11) is 0. The summed E-state index contributed by atoms with van der Waals surface area (Å²) in [4.78, 5) is 0. The second kappa shape index (κ2) is 8.92. The summed E-state index contributed by atoms with van der Waals surface area (Å²) in [6.45, 7) is 0.785. The van der Waals surface area contributed by atoms with E-state index >= 15 is 0 Å². The van der Waals surface area contributed by atoms with Gasteiger partial charge in [-0.25, -0.2) is 0 Å². The summed E-state index contributed by atoms with van der Waals surface area (Å²) in [5, 5.41) is 11.1. The average Bonchev–Trinajstić information content (AvgIpc) is 2.60. The van der Waals surface area contributed by atoms with Crippen molar-refractivity contribution in [2.75, 3.05) is 0 Å². The lowest BCUT2D eigenvalue weighted by molar-refractivity contribution is -0.143. The van der Waals surface area contributed by atoms with E-state index in [1.807, 2.05) is 0 Å². The number of halogens is 8. The Morgan fingerprint density at radius 1 is 0.900 bits per heavy atom. The van der Waals surface area contributed by atoms with Crippen molar-refractivity contribution in [3.63, 3.8) is 0 Å². The molecule has 0 aliphatic heterocycles. The van der Waals surface area contributed by atoms with Gasteiger partial charge >= 0.3 is 12.4 Å². The Kier molecular flexibility index (Phi) is 7.36. The summed E-state index contributed by atoms with van der Waals surface area (Å²) in [6.07, 6.45) is -11.3. The van der Waals surface area contributed by atoms with Crippen LogP contribution >= 0.6 is 23.2 Å². The monoisotopic (exact) mass is 475 g/mol. The third kappa shape index (κ3) is 6.49. The Balaban J connectivity index is 2.15. The first kappa shape index (κ1) is 24.7. The van der Waals surface area contributed by atoms with Gasteiger partial charge in [0.25, 0.3) is 0 Å². The summed E-state index contributed by atoms with van der Waals surface area (Å²) >= 11 is 11.7. The molecule has 2 atom stereocenters. The fourth-order valence-electron chi connectivity index (χ4n) is 2.71. The van der Waals surface area contributed by atoms with E-state index in [1.165, 1.54) is 25.1 Å². The summed E-state index contributed by atoms with van der Waals surface area (Å²) in [6, 6.07) is 5.51. The minimum atomic E-state index is -4.96. The number of alkyl halides is 6. The molecule has 30 heavy (non-hydrogen) atoms. The normalized spacial score (nSPS) is 15.7. The molecule has 0 saturated carbocycles. The lowest BCUT2D eigenvalue weighted by Crippen LogP contribution is -2.34. The van der Waals surface area contributed by atoms with Crippen LogP contribution in [0.2, 0.25) is 10.0 Å². The van der Waals surface area contributed by atoms with Gasteiger partial charge in [-0.3, -0.25) is 0 Å². The van der Waals surface area contributed by atoms with Crippen molar-refractivity contribution in [2.45, 2.75) is 44.1 Å². The van der Waals surface area contributed by atoms with E-state index < -0.39 is 41.9 Å². The highest BCUT2D eigenvalue weighted by Crippen LogP contribution is 2.37. The summed E-state index contributed by atoms with van der Waals surface area (Å²) in [5.41, 5.74) is 1.33. The molecule has 0 aliphatic rings. The standard InChI is InChI=1S/C19H17Cl2F6NO2/c1-17(29,11-2-3-14(20)15(21)7-11)8-16(28)30-9-10-4-12(18(22,23)24)6-13(5-10)19(25,26)27/h2-7,16,29H,8-9,28H2,1H3.